The number of benzene rings is 1. The van der Waals surface area contributed by atoms with Crippen LogP contribution in [0.15, 0.2) is 36.4 Å². The minimum atomic E-state index is -3.11. The van der Waals surface area contributed by atoms with E-state index in [1.54, 1.807) is 13.0 Å². The molecule has 0 spiro atoms. The maximum Gasteiger partial charge on any atom is 0.388 e. The molecule has 1 aliphatic heterocycles. The molecule has 2 amide bonds. The zero-order valence-electron chi connectivity index (χ0n) is 19.9. The second kappa shape index (κ2) is 10.8. The Bertz CT molecular complexity index is 1100. The number of anilines is 1. The number of nitrogens with zero attached hydrogens (tertiary/aromatic N) is 2. The average molecular weight is 490 g/mol. The molecule has 8 nitrogen and oxygen atoms in total. The molecule has 3 rings (SSSR count). The number of aryl methyl sites for hydroxylation is 1. The van der Waals surface area contributed by atoms with Crippen LogP contribution in [0.2, 0.25) is 0 Å². The molecule has 0 unspecified atom stereocenters. The average Bonchev–Trinajstić information content (AvgIpc) is 2.80. The first-order chi connectivity index (χ1) is 16.5. The summed E-state index contributed by atoms with van der Waals surface area (Å²) < 4.78 is 30.5. The van der Waals surface area contributed by atoms with E-state index in [0.29, 0.717) is 5.69 Å². The maximum atomic E-state index is 13.9. The number of carboxylic acids is 1. The molecule has 1 aromatic carbocycles. The Morgan fingerprint density at radius 1 is 1.14 bits per heavy atom. The summed E-state index contributed by atoms with van der Waals surface area (Å²) in [5, 5.41) is 11.7. The highest BCUT2D eigenvalue weighted by Crippen LogP contribution is 2.41. The van der Waals surface area contributed by atoms with Crippen LogP contribution in [0.1, 0.15) is 55.8 Å². The first-order valence-corrected chi connectivity index (χ1v) is 11.4. The van der Waals surface area contributed by atoms with E-state index in [1.165, 1.54) is 11.0 Å². The molecule has 0 atom stereocenters. The van der Waals surface area contributed by atoms with Gasteiger partial charge in [-0.1, -0.05) is 38.1 Å². The number of nitrogens with one attached hydrogen (secondary N) is 1. The number of ether oxygens (including phenoxy) is 1. The number of piperidine rings is 1. The topological polar surface area (TPSA) is 109 Å². The maximum absolute atomic E-state index is 13.9. The van der Waals surface area contributed by atoms with Crippen LogP contribution in [-0.4, -0.2) is 52.5 Å². The molecule has 2 heterocycles. The molecule has 0 radical (unpaired) electrons. The van der Waals surface area contributed by atoms with Crippen molar-refractivity contribution in [2.24, 2.45) is 0 Å². The number of rotatable bonds is 8. The van der Waals surface area contributed by atoms with Crippen LogP contribution in [0.5, 0.6) is 5.88 Å². The molecule has 1 saturated heterocycles. The van der Waals surface area contributed by atoms with Crippen molar-refractivity contribution in [2.75, 3.05) is 18.4 Å². The van der Waals surface area contributed by atoms with E-state index in [9.17, 15) is 23.2 Å². The lowest BCUT2D eigenvalue weighted by atomic mass is 9.69. The van der Waals surface area contributed by atoms with Crippen molar-refractivity contribution < 1.29 is 33.0 Å². The Morgan fingerprint density at radius 3 is 2.40 bits per heavy atom. The molecule has 10 heteroatoms. The van der Waals surface area contributed by atoms with E-state index in [0.717, 1.165) is 11.1 Å². The summed E-state index contributed by atoms with van der Waals surface area (Å²) in [6.07, 6.45) is -0.151. The lowest BCUT2D eigenvalue weighted by Crippen LogP contribution is -2.51. The third-order valence-corrected chi connectivity index (χ3v) is 6.25. The van der Waals surface area contributed by atoms with E-state index >= 15 is 0 Å². The fourth-order valence-electron chi connectivity index (χ4n) is 4.48. The van der Waals surface area contributed by atoms with Gasteiger partial charge >= 0.3 is 12.6 Å². The zero-order chi connectivity index (χ0) is 25.8. The standard InChI is InChI=1S/C25H29F2N3O5/c1-15(2)17-6-4-5-7-18(17)25(10-12-30(13-11-25)20(31)14-21(32)33)23(34)29-19-9-8-16(3)28-22(19)35-24(26)27/h4-9,15,24H,10-14H2,1-3H3,(H,29,34)(H,32,33). The van der Waals surface area contributed by atoms with Crippen molar-refractivity contribution in [1.82, 2.24) is 9.88 Å². The Kier molecular flexibility index (Phi) is 8.03. The van der Waals surface area contributed by atoms with Crippen LogP contribution in [0.4, 0.5) is 14.5 Å². The second-order valence-corrected chi connectivity index (χ2v) is 8.91. The van der Waals surface area contributed by atoms with Gasteiger partial charge in [-0.15, -0.1) is 0 Å². The third kappa shape index (κ3) is 5.93. The molecule has 1 fully saturated rings. The first kappa shape index (κ1) is 26.1. The third-order valence-electron chi connectivity index (χ3n) is 6.25. The van der Waals surface area contributed by atoms with Crippen molar-refractivity contribution in [3.05, 3.63) is 53.2 Å². The summed E-state index contributed by atoms with van der Waals surface area (Å²) in [5.41, 5.74) is 1.14. The first-order valence-electron chi connectivity index (χ1n) is 11.4. The van der Waals surface area contributed by atoms with Crippen LogP contribution in [0, 0.1) is 6.92 Å². The number of carbonyl (C=O) groups is 3. The van der Waals surface area contributed by atoms with Gasteiger partial charge in [0.05, 0.1) is 5.41 Å². The van der Waals surface area contributed by atoms with Gasteiger partial charge in [-0.3, -0.25) is 14.4 Å². The van der Waals surface area contributed by atoms with E-state index < -0.39 is 36.2 Å². The Balaban J connectivity index is 1.99. The van der Waals surface area contributed by atoms with E-state index in [1.807, 2.05) is 38.1 Å². The normalized spacial score (nSPS) is 15.2. The van der Waals surface area contributed by atoms with E-state index in [-0.39, 0.29) is 43.4 Å². The summed E-state index contributed by atoms with van der Waals surface area (Å²) in [4.78, 5) is 42.6. The van der Waals surface area contributed by atoms with Gasteiger partial charge in [-0.05, 0) is 48.9 Å². The van der Waals surface area contributed by atoms with E-state index in [2.05, 4.69) is 15.0 Å². The number of carboxylic acid groups (broad SMARTS) is 1. The highest BCUT2D eigenvalue weighted by molar-refractivity contribution is 6.01. The molecule has 35 heavy (non-hydrogen) atoms. The van der Waals surface area contributed by atoms with Crippen LogP contribution >= 0.6 is 0 Å². The fourth-order valence-corrected chi connectivity index (χ4v) is 4.48. The van der Waals surface area contributed by atoms with Gasteiger partial charge in [0.15, 0.2) is 0 Å². The number of aliphatic carboxylic acids is 1. The minimum absolute atomic E-state index is 0.0201. The molecule has 1 aliphatic rings. The SMILES string of the molecule is Cc1ccc(NC(=O)C2(c3ccccc3C(C)C)CCN(C(=O)CC(=O)O)CC2)c(OC(F)F)n1. The Hall–Kier alpha value is -3.56. The van der Waals surface area contributed by atoms with Crippen LogP contribution < -0.4 is 10.1 Å². The molecule has 188 valence electrons. The minimum Gasteiger partial charge on any atom is -0.481 e. The Morgan fingerprint density at radius 2 is 1.80 bits per heavy atom. The van der Waals surface area contributed by atoms with Gasteiger partial charge in [0.2, 0.25) is 17.7 Å². The number of alkyl halides is 2. The highest BCUT2D eigenvalue weighted by Gasteiger charge is 2.45. The van der Waals surface area contributed by atoms with Gasteiger partial charge in [-0.25, -0.2) is 4.98 Å². The molecule has 0 bridgehead atoms. The number of halogens is 2. The summed E-state index contributed by atoms with van der Waals surface area (Å²) >= 11 is 0. The number of hydrogen-bond acceptors (Lipinski definition) is 5. The number of amides is 2. The Labute approximate surface area is 202 Å². The predicted octanol–water partition coefficient (Wildman–Crippen LogP) is 4.09. The van der Waals surface area contributed by atoms with Gasteiger partial charge in [0.25, 0.3) is 0 Å². The molecular weight excluding hydrogens is 460 g/mol. The number of pyridine rings is 1. The summed E-state index contributed by atoms with van der Waals surface area (Å²) in [6, 6.07) is 10.6. The van der Waals surface area contributed by atoms with Crippen molar-refractivity contribution >= 4 is 23.5 Å². The summed E-state index contributed by atoms with van der Waals surface area (Å²) in [6.45, 7) is 2.88. The monoisotopic (exact) mass is 489 g/mol. The predicted molar refractivity (Wildman–Crippen MR) is 125 cm³/mol. The zero-order valence-corrected chi connectivity index (χ0v) is 19.9. The highest BCUT2D eigenvalue weighted by atomic mass is 19.3. The molecule has 0 aliphatic carbocycles. The van der Waals surface area contributed by atoms with E-state index in [4.69, 9.17) is 5.11 Å². The summed E-state index contributed by atoms with van der Waals surface area (Å²) in [7, 11) is 0. The van der Waals surface area contributed by atoms with Gasteiger partial charge < -0.3 is 20.1 Å². The smallest absolute Gasteiger partial charge is 0.388 e. The lowest BCUT2D eigenvalue weighted by Gasteiger charge is -2.42. The molecule has 2 aromatic rings. The molecule has 0 saturated carbocycles. The second-order valence-electron chi connectivity index (χ2n) is 8.91. The van der Waals surface area contributed by atoms with Crippen LogP contribution in [-0.2, 0) is 19.8 Å². The van der Waals surface area contributed by atoms with Crippen molar-refractivity contribution in [2.45, 2.75) is 58.0 Å². The van der Waals surface area contributed by atoms with Gasteiger partial charge in [0.1, 0.15) is 12.1 Å². The number of carbonyl (C=O) groups excluding carboxylic acids is 2. The van der Waals surface area contributed by atoms with Crippen LogP contribution in [0.25, 0.3) is 0 Å². The molecular formula is C25H29F2N3O5. The van der Waals surface area contributed by atoms with Crippen LogP contribution in [0.3, 0.4) is 0 Å². The lowest BCUT2D eigenvalue weighted by molar-refractivity contribution is -0.145. The van der Waals surface area contributed by atoms with Crippen molar-refractivity contribution in [3.63, 3.8) is 0 Å². The van der Waals surface area contributed by atoms with Crippen molar-refractivity contribution in [1.29, 1.82) is 0 Å². The number of aromatic nitrogens is 1. The molecule has 2 N–H and O–H groups in total. The summed E-state index contributed by atoms with van der Waals surface area (Å²) in [5.74, 6) is -2.44. The quantitative estimate of drug-likeness (QED) is 0.541. The number of likely N-dealkylation sites (tertiary alicyclic amines) is 1. The fraction of sp³-hybridized carbons (Fsp3) is 0.440. The van der Waals surface area contributed by atoms with Gasteiger partial charge in [-0.2, -0.15) is 8.78 Å². The number of hydrogen-bond donors (Lipinski definition) is 2. The largest absolute Gasteiger partial charge is 0.481 e. The van der Waals surface area contributed by atoms with Crippen molar-refractivity contribution in [3.8, 4) is 5.88 Å². The molecule has 1 aromatic heterocycles. The van der Waals surface area contributed by atoms with Gasteiger partial charge in [0, 0.05) is 18.8 Å².